The monoisotopic (exact) mass is 382 g/mol. The quantitative estimate of drug-likeness (QED) is 0.549. The highest BCUT2D eigenvalue weighted by molar-refractivity contribution is 6.35. The highest BCUT2D eigenvalue weighted by atomic mass is 16.6. The molecule has 2 rings (SSSR count). The van der Waals surface area contributed by atoms with Crippen LogP contribution in [0, 0.1) is 0 Å². The molecule has 0 radical (unpaired) electrons. The molecule has 0 aromatic heterocycles. The topological polar surface area (TPSA) is 91.0 Å². The smallest absolute Gasteiger partial charge is 0.407 e. The molecule has 8 nitrogen and oxygen atoms in total. The molecule has 27 heavy (non-hydrogen) atoms. The van der Waals surface area contributed by atoms with Crippen molar-refractivity contribution in [2.75, 3.05) is 33.2 Å². The molecule has 0 spiro atoms. The van der Waals surface area contributed by atoms with Crippen molar-refractivity contribution in [1.82, 2.24) is 20.4 Å². The molecule has 2 unspecified atom stereocenters. The SMILES string of the molecule is CN1C2CCC1CN(C(=O)C(=O)NCCCCNC(=O)OC(C)(C)C)CC2. The van der Waals surface area contributed by atoms with Crippen molar-refractivity contribution in [3.05, 3.63) is 0 Å². The average molecular weight is 383 g/mol. The van der Waals surface area contributed by atoms with E-state index in [-0.39, 0.29) is 0 Å². The number of fused-ring (bicyclic) bond motifs is 2. The van der Waals surface area contributed by atoms with E-state index in [4.69, 9.17) is 4.74 Å². The summed E-state index contributed by atoms with van der Waals surface area (Å²) < 4.78 is 5.15. The van der Waals surface area contributed by atoms with E-state index in [9.17, 15) is 14.4 Å². The van der Waals surface area contributed by atoms with Gasteiger partial charge in [-0.1, -0.05) is 0 Å². The third-order valence-corrected chi connectivity index (χ3v) is 5.19. The molecule has 2 bridgehead atoms. The molecular formula is C19H34N4O4. The Bertz CT molecular complexity index is 546. The molecule has 0 saturated carbocycles. The molecule has 2 N–H and O–H groups in total. The van der Waals surface area contributed by atoms with Crippen molar-refractivity contribution in [3.63, 3.8) is 0 Å². The molecule has 2 aliphatic heterocycles. The van der Waals surface area contributed by atoms with Crippen molar-refractivity contribution < 1.29 is 19.1 Å². The number of carbonyl (C=O) groups excluding carboxylic acids is 3. The first kappa shape index (κ1) is 21.5. The van der Waals surface area contributed by atoms with Crippen LogP contribution in [0.25, 0.3) is 0 Å². The fourth-order valence-electron chi connectivity index (χ4n) is 3.67. The summed E-state index contributed by atoms with van der Waals surface area (Å²) in [6.07, 6.45) is 4.16. The summed E-state index contributed by atoms with van der Waals surface area (Å²) in [5.41, 5.74) is -0.514. The Kier molecular flexibility index (Phi) is 7.47. The molecule has 2 fully saturated rings. The number of alkyl carbamates (subject to hydrolysis) is 1. The summed E-state index contributed by atoms with van der Waals surface area (Å²) >= 11 is 0. The summed E-state index contributed by atoms with van der Waals surface area (Å²) in [4.78, 5) is 40.1. The molecule has 3 amide bonds. The molecule has 2 saturated heterocycles. The van der Waals surface area contributed by atoms with Crippen molar-refractivity contribution >= 4 is 17.9 Å². The van der Waals surface area contributed by atoms with E-state index in [0.717, 1.165) is 12.8 Å². The highest BCUT2D eigenvalue weighted by Crippen LogP contribution is 2.28. The molecule has 0 aliphatic carbocycles. The Labute approximate surface area is 162 Å². The van der Waals surface area contributed by atoms with Crippen LogP contribution in [-0.2, 0) is 14.3 Å². The predicted octanol–water partition coefficient (Wildman–Crippen LogP) is 1.10. The standard InChI is InChI=1S/C19H34N4O4/c1-19(2,3)27-18(26)21-11-6-5-10-20-16(24)17(25)23-12-9-14-7-8-15(13-23)22(14)4/h14-15H,5-13H2,1-4H3,(H,20,24)(H,21,26). The van der Waals surface area contributed by atoms with Crippen molar-refractivity contribution in [3.8, 4) is 0 Å². The minimum atomic E-state index is -0.532. The molecule has 0 aromatic rings. The van der Waals surface area contributed by atoms with Gasteiger partial charge in [0.25, 0.3) is 0 Å². The van der Waals surface area contributed by atoms with Crippen LogP contribution < -0.4 is 10.6 Å². The van der Waals surface area contributed by atoms with Gasteiger partial charge < -0.3 is 20.3 Å². The zero-order valence-electron chi connectivity index (χ0n) is 17.0. The fraction of sp³-hybridized carbons (Fsp3) is 0.842. The van der Waals surface area contributed by atoms with Crippen molar-refractivity contribution in [1.29, 1.82) is 0 Å². The minimum Gasteiger partial charge on any atom is -0.444 e. The summed E-state index contributed by atoms with van der Waals surface area (Å²) in [6, 6.07) is 0.904. The Morgan fingerprint density at radius 3 is 2.30 bits per heavy atom. The van der Waals surface area contributed by atoms with E-state index in [1.807, 2.05) is 20.8 Å². The van der Waals surface area contributed by atoms with Crippen LogP contribution in [0.15, 0.2) is 0 Å². The van der Waals surface area contributed by atoms with Gasteiger partial charge in [0, 0.05) is 38.3 Å². The second-order valence-electron chi connectivity index (χ2n) is 8.48. The number of likely N-dealkylation sites (tertiary alicyclic amines) is 1. The van der Waals surface area contributed by atoms with Crippen LogP contribution in [0.5, 0.6) is 0 Å². The second kappa shape index (κ2) is 9.39. The normalized spacial score (nSPS) is 22.9. The van der Waals surface area contributed by atoms with Gasteiger partial charge in [-0.2, -0.15) is 0 Å². The second-order valence-corrected chi connectivity index (χ2v) is 8.48. The average Bonchev–Trinajstić information content (AvgIpc) is 2.80. The number of amides is 3. The van der Waals surface area contributed by atoms with Gasteiger partial charge in [0.05, 0.1) is 0 Å². The summed E-state index contributed by atoms with van der Waals surface area (Å²) in [7, 11) is 2.11. The Morgan fingerprint density at radius 1 is 1.00 bits per heavy atom. The van der Waals surface area contributed by atoms with Gasteiger partial charge in [-0.3, -0.25) is 14.5 Å². The zero-order valence-corrected chi connectivity index (χ0v) is 17.0. The van der Waals surface area contributed by atoms with E-state index >= 15 is 0 Å². The first-order valence-electron chi connectivity index (χ1n) is 9.93. The van der Waals surface area contributed by atoms with Crippen LogP contribution in [0.4, 0.5) is 4.79 Å². The summed E-state index contributed by atoms with van der Waals surface area (Å²) in [5, 5.41) is 5.37. The van der Waals surface area contributed by atoms with Crippen LogP contribution in [-0.4, -0.2) is 78.6 Å². The van der Waals surface area contributed by atoms with Gasteiger partial charge in [-0.25, -0.2) is 4.79 Å². The number of unbranched alkanes of at least 4 members (excludes halogenated alkanes) is 1. The molecular weight excluding hydrogens is 348 g/mol. The van der Waals surface area contributed by atoms with Crippen molar-refractivity contribution in [2.45, 2.75) is 70.6 Å². The van der Waals surface area contributed by atoms with Crippen molar-refractivity contribution in [2.24, 2.45) is 0 Å². The number of likely N-dealkylation sites (N-methyl/N-ethyl adjacent to an activating group) is 1. The van der Waals surface area contributed by atoms with Gasteiger partial charge in [0.15, 0.2) is 0 Å². The number of hydrogen-bond donors (Lipinski definition) is 2. The number of hydrogen-bond acceptors (Lipinski definition) is 5. The third-order valence-electron chi connectivity index (χ3n) is 5.19. The number of nitrogens with zero attached hydrogens (tertiary/aromatic N) is 2. The van der Waals surface area contributed by atoms with Crippen LogP contribution in [0.2, 0.25) is 0 Å². The molecule has 154 valence electrons. The van der Waals surface area contributed by atoms with E-state index < -0.39 is 23.5 Å². The number of rotatable bonds is 5. The first-order valence-corrected chi connectivity index (χ1v) is 9.93. The lowest BCUT2D eigenvalue weighted by Gasteiger charge is -2.25. The maximum Gasteiger partial charge on any atom is 0.407 e. The van der Waals surface area contributed by atoms with Gasteiger partial charge in [0.1, 0.15) is 5.60 Å². The van der Waals surface area contributed by atoms with Gasteiger partial charge in [-0.05, 0) is 59.9 Å². The number of nitrogens with one attached hydrogen (secondary N) is 2. The Morgan fingerprint density at radius 2 is 1.63 bits per heavy atom. The summed E-state index contributed by atoms with van der Waals surface area (Å²) in [5.74, 6) is -0.960. The van der Waals surface area contributed by atoms with Crippen LogP contribution in [0.1, 0.15) is 52.9 Å². The van der Waals surface area contributed by atoms with E-state index in [0.29, 0.717) is 51.1 Å². The highest BCUT2D eigenvalue weighted by Gasteiger charge is 2.37. The van der Waals surface area contributed by atoms with E-state index in [2.05, 4.69) is 22.6 Å². The maximum atomic E-state index is 12.4. The summed E-state index contributed by atoms with van der Waals surface area (Å²) in [6.45, 7) is 7.61. The lowest BCUT2D eigenvalue weighted by molar-refractivity contribution is -0.146. The van der Waals surface area contributed by atoms with Gasteiger partial charge in [-0.15, -0.1) is 0 Å². The molecule has 2 atom stereocenters. The van der Waals surface area contributed by atoms with Gasteiger partial charge >= 0.3 is 17.9 Å². The van der Waals surface area contributed by atoms with Crippen LogP contribution >= 0.6 is 0 Å². The van der Waals surface area contributed by atoms with E-state index in [1.165, 1.54) is 6.42 Å². The zero-order chi connectivity index (χ0) is 20.0. The van der Waals surface area contributed by atoms with Crippen LogP contribution in [0.3, 0.4) is 0 Å². The first-order chi connectivity index (χ1) is 12.7. The Hall–Kier alpha value is -1.83. The number of ether oxygens (including phenoxy) is 1. The largest absolute Gasteiger partial charge is 0.444 e. The lowest BCUT2D eigenvalue weighted by Crippen LogP contribution is -2.46. The van der Waals surface area contributed by atoms with E-state index in [1.54, 1.807) is 4.90 Å². The fourth-order valence-corrected chi connectivity index (χ4v) is 3.67. The number of carbonyl (C=O) groups is 3. The Balaban J connectivity index is 1.60. The molecule has 2 aliphatic rings. The van der Waals surface area contributed by atoms with Gasteiger partial charge in [0.2, 0.25) is 0 Å². The lowest BCUT2D eigenvalue weighted by atomic mass is 10.1. The maximum absolute atomic E-state index is 12.4. The molecule has 2 heterocycles. The molecule has 8 heteroatoms. The predicted molar refractivity (Wildman–Crippen MR) is 102 cm³/mol. The minimum absolute atomic E-state index is 0.369. The third kappa shape index (κ3) is 6.68. The molecule has 0 aromatic carbocycles.